The van der Waals surface area contributed by atoms with Gasteiger partial charge in [-0.25, -0.2) is 4.98 Å². The van der Waals surface area contributed by atoms with E-state index in [4.69, 9.17) is 4.74 Å². The molecule has 0 fully saturated rings. The molecule has 0 bridgehead atoms. The van der Waals surface area contributed by atoms with E-state index in [1.54, 1.807) is 24.3 Å². The van der Waals surface area contributed by atoms with Crippen molar-refractivity contribution in [1.82, 2.24) is 15.6 Å². The van der Waals surface area contributed by atoms with Gasteiger partial charge >= 0.3 is 0 Å². The van der Waals surface area contributed by atoms with Crippen molar-refractivity contribution in [3.8, 4) is 5.75 Å². The van der Waals surface area contributed by atoms with Crippen molar-refractivity contribution < 1.29 is 14.3 Å². The number of aryl methyl sites for hydroxylation is 1. The number of ether oxygens (including phenoxy) is 1. The molecular formula is C18H23N3O3S. The van der Waals surface area contributed by atoms with E-state index in [0.717, 1.165) is 29.3 Å². The molecule has 2 N–H and O–H groups in total. The molecule has 2 aromatic rings. The van der Waals surface area contributed by atoms with Crippen LogP contribution in [0.4, 0.5) is 0 Å². The first kappa shape index (κ1) is 18.9. The maximum absolute atomic E-state index is 12.1. The summed E-state index contributed by atoms with van der Waals surface area (Å²) in [6.07, 6.45) is 2.07. The molecule has 6 nitrogen and oxygen atoms in total. The van der Waals surface area contributed by atoms with Crippen molar-refractivity contribution in [2.24, 2.45) is 0 Å². The van der Waals surface area contributed by atoms with Crippen molar-refractivity contribution in [1.29, 1.82) is 0 Å². The number of carbonyl (C=O) groups is 2. The zero-order valence-electron chi connectivity index (χ0n) is 14.5. The van der Waals surface area contributed by atoms with Gasteiger partial charge < -0.3 is 15.4 Å². The third kappa shape index (κ3) is 6.54. The van der Waals surface area contributed by atoms with Crippen LogP contribution in [0.2, 0.25) is 0 Å². The van der Waals surface area contributed by atoms with Gasteiger partial charge in [-0.1, -0.05) is 13.3 Å². The Hall–Kier alpha value is -2.41. The third-order valence-electron chi connectivity index (χ3n) is 3.40. The molecule has 2 rings (SSSR count). The molecule has 0 spiro atoms. The van der Waals surface area contributed by atoms with E-state index in [1.165, 1.54) is 11.3 Å². The molecule has 0 aliphatic heterocycles. The second kappa shape index (κ2) is 9.78. The molecule has 0 saturated carbocycles. The van der Waals surface area contributed by atoms with E-state index in [0.29, 0.717) is 18.7 Å². The zero-order valence-corrected chi connectivity index (χ0v) is 15.3. The van der Waals surface area contributed by atoms with Gasteiger partial charge in [0.15, 0.2) is 0 Å². The fraction of sp³-hybridized carbons (Fsp3) is 0.389. The molecule has 1 aromatic carbocycles. The van der Waals surface area contributed by atoms with E-state index in [2.05, 4.69) is 22.5 Å². The Morgan fingerprint density at radius 3 is 2.60 bits per heavy atom. The molecule has 7 heteroatoms. The van der Waals surface area contributed by atoms with Crippen LogP contribution >= 0.6 is 11.3 Å². The van der Waals surface area contributed by atoms with Crippen LogP contribution in [0.1, 0.15) is 40.8 Å². The van der Waals surface area contributed by atoms with Gasteiger partial charge in [0.05, 0.1) is 19.7 Å². The predicted octanol–water partition coefficient (Wildman–Crippen LogP) is 2.68. The highest BCUT2D eigenvalue weighted by molar-refractivity contribution is 7.09. The molecular weight excluding hydrogens is 338 g/mol. The van der Waals surface area contributed by atoms with E-state index in [9.17, 15) is 9.59 Å². The van der Waals surface area contributed by atoms with Gasteiger partial charge in [-0.3, -0.25) is 9.59 Å². The fourth-order valence-corrected chi connectivity index (χ4v) is 2.73. The average Bonchev–Trinajstić information content (AvgIpc) is 3.04. The van der Waals surface area contributed by atoms with E-state index < -0.39 is 0 Å². The van der Waals surface area contributed by atoms with Crippen LogP contribution in [0.3, 0.4) is 0 Å². The molecule has 2 amide bonds. The van der Waals surface area contributed by atoms with Crippen molar-refractivity contribution in [2.75, 3.05) is 13.2 Å². The summed E-state index contributed by atoms with van der Waals surface area (Å²) in [5, 5.41) is 8.11. The lowest BCUT2D eigenvalue weighted by molar-refractivity contribution is -0.120. The van der Waals surface area contributed by atoms with Gasteiger partial charge in [-0.2, -0.15) is 0 Å². The third-order valence-corrected chi connectivity index (χ3v) is 4.36. The minimum absolute atomic E-state index is 0.0715. The SMILES string of the molecule is CCCCOc1ccc(C(=O)NCC(=O)NCc2nc(C)cs2)cc1. The zero-order chi connectivity index (χ0) is 18.1. The highest BCUT2D eigenvalue weighted by Gasteiger charge is 2.09. The molecule has 1 aromatic heterocycles. The summed E-state index contributed by atoms with van der Waals surface area (Å²) in [7, 11) is 0. The molecule has 134 valence electrons. The molecule has 0 saturated heterocycles. The number of hydrogen-bond donors (Lipinski definition) is 2. The number of aromatic nitrogens is 1. The number of unbranched alkanes of at least 4 members (excludes halogenated alkanes) is 1. The van der Waals surface area contributed by atoms with Crippen LogP contribution in [0, 0.1) is 6.92 Å². The summed E-state index contributed by atoms with van der Waals surface area (Å²) in [4.78, 5) is 28.1. The first-order valence-electron chi connectivity index (χ1n) is 8.27. The first-order valence-corrected chi connectivity index (χ1v) is 9.15. The summed E-state index contributed by atoms with van der Waals surface area (Å²) in [5.74, 6) is 0.197. The Morgan fingerprint density at radius 1 is 1.20 bits per heavy atom. The highest BCUT2D eigenvalue weighted by Crippen LogP contribution is 2.12. The fourth-order valence-electron chi connectivity index (χ4n) is 2.02. The summed E-state index contributed by atoms with van der Waals surface area (Å²) in [5.41, 5.74) is 1.43. The summed E-state index contributed by atoms with van der Waals surface area (Å²) >= 11 is 1.50. The molecule has 0 aliphatic carbocycles. The van der Waals surface area contributed by atoms with Crippen LogP contribution in [-0.4, -0.2) is 29.9 Å². The Kier molecular flexibility index (Phi) is 7.40. The van der Waals surface area contributed by atoms with Crippen molar-refractivity contribution in [2.45, 2.75) is 33.2 Å². The van der Waals surface area contributed by atoms with Gasteiger partial charge in [0.2, 0.25) is 5.91 Å². The van der Waals surface area contributed by atoms with Crippen LogP contribution < -0.4 is 15.4 Å². The maximum atomic E-state index is 12.1. The summed E-state index contributed by atoms with van der Waals surface area (Å²) < 4.78 is 5.55. The minimum Gasteiger partial charge on any atom is -0.494 e. The number of thiazole rings is 1. The number of benzene rings is 1. The molecule has 0 atom stereocenters. The number of hydrogen-bond acceptors (Lipinski definition) is 5. The second-order valence-corrected chi connectivity index (χ2v) is 6.51. The Bertz CT molecular complexity index is 698. The summed E-state index contributed by atoms with van der Waals surface area (Å²) in [6, 6.07) is 6.89. The topological polar surface area (TPSA) is 80.3 Å². The van der Waals surface area contributed by atoms with Gasteiger partial charge in [0, 0.05) is 16.6 Å². The molecule has 1 heterocycles. The van der Waals surface area contributed by atoms with Gasteiger partial charge in [-0.15, -0.1) is 11.3 Å². The maximum Gasteiger partial charge on any atom is 0.251 e. The average molecular weight is 361 g/mol. The monoisotopic (exact) mass is 361 g/mol. The quantitative estimate of drug-likeness (QED) is 0.673. The standard InChI is InChI=1S/C18H23N3O3S/c1-3-4-9-24-15-7-5-14(6-8-15)18(23)20-10-16(22)19-11-17-21-13(2)12-25-17/h5-8,12H,3-4,9-11H2,1-2H3,(H,19,22)(H,20,23). The molecule has 0 aliphatic rings. The normalized spacial score (nSPS) is 10.3. The minimum atomic E-state index is -0.291. The van der Waals surface area contributed by atoms with Crippen LogP contribution in [0.25, 0.3) is 0 Å². The van der Waals surface area contributed by atoms with Gasteiger partial charge in [0.25, 0.3) is 5.91 Å². The van der Waals surface area contributed by atoms with E-state index >= 15 is 0 Å². The lowest BCUT2D eigenvalue weighted by Gasteiger charge is -2.08. The summed E-state index contributed by atoms with van der Waals surface area (Å²) in [6.45, 7) is 4.98. The Morgan fingerprint density at radius 2 is 1.96 bits per heavy atom. The Labute approximate surface area is 151 Å². The number of nitrogens with one attached hydrogen (secondary N) is 2. The predicted molar refractivity (Wildman–Crippen MR) is 97.9 cm³/mol. The number of amides is 2. The molecule has 0 unspecified atom stereocenters. The van der Waals surface area contributed by atoms with Crippen LogP contribution in [0.5, 0.6) is 5.75 Å². The van der Waals surface area contributed by atoms with Crippen molar-refractivity contribution >= 4 is 23.2 Å². The van der Waals surface area contributed by atoms with Crippen LogP contribution in [-0.2, 0) is 11.3 Å². The largest absolute Gasteiger partial charge is 0.494 e. The lowest BCUT2D eigenvalue weighted by atomic mass is 10.2. The second-order valence-electron chi connectivity index (χ2n) is 5.57. The van der Waals surface area contributed by atoms with Crippen molar-refractivity contribution in [3.63, 3.8) is 0 Å². The van der Waals surface area contributed by atoms with E-state index in [1.807, 2.05) is 12.3 Å². The number of nitrogens with zero attached hydrogens (tertiary/aromatic N) is 1. The molecule has 25 heavy (non-hydrogen) atoms. The lowest BCUT2D eigenvalue weighted by Crippen LogP contribution is -2.36. The van der Waals surface area contributed by atoms with Gasteiger partial charge in [0.1, 0.15) is 10.8 Å². The number of carbonyl (C=O) groups excluding carboxylic acids is 2. The number of rotatable bonds is 9. The van der Waals surface area contributed by atoms with Gasteiger partial charge in [-0.05, 0) is 37.6 Å². The van der Waals surface area contributed by atoms with Crippen LogP contribution in [0.15, 0.2) is 29.6 Å². The molecule has 0 radical (unpaired) electrons. The smallest absolute Gasteiger partial charge is 0.251 e. The first-order chi connectivity index (χ1) is 12.1. The van der Waals surface area contributed by atoms with E-state index in [-0.39, 0.29) is 18.4 Å². The van der Waals surface area contributed by atoms with Crippen molar-refractivity contribution in [3.05, 3.63) is 45.9 Å². The highest BCUT2D eigenvalue weighted by atomic mass is 32.1. The Balaban J connectivity index is 1.72.